The highest BCUT2D eigenvalue weighted by atomic mass is 35.5. The van der Waals surface area contributed by atoms with Gasteiger partial charge in [0, 0.05) is 43.4 Å². The second kappa shape index (κ2) is 8.97. The maximum absolute atomic E-state index is 11.9. The molecule has 0 bridgehead atoms. The van der Waals surface area contributed by atoms with Crippen LogP contribution in [0.25, 0.3) is 0 Å². The van der Waals surface area contributed by atoms with Gasteiger partial charge in [-0.05, 0) is 56.5 Å². The SMILES string of the molecule is CC(=O)N1CCc2c(c(Nc3cccc(C)c3)nn2CC2CCCNC2)C1.Cl. The van der Waals surface area contributed by atoms with Gasteiger partial charge in [0.15, 0.2) is 5.82 Å². The van der Waals surface area contributed by atoms with Crippen molar-refractivity contribution in [3.63, 3.8) is 0 Å². The number of aromatic nitrogens is 2. The second-order valence-electron chi connectivity index (χ2n) is 7.85. The fourth-order valence-corrected chi connectivity index (χ4v) is 4.19. The Labute approximate surface area is 173 Å². The van der Waals surface area contributed by atoms with Gasteiger partial charge in [-0.1, -0.05) is 12.1 Å². The lowest BCUT2D eigenvalue weighted by molar-refractivity contribution is -0.129. The number of benzene rings is 1. The Kier molecular flexibility index (Phi) is 6.62. The standard InChI is InChI=1S/C21H29N5O.ClH/c1-15-5-3-7-18(11-15)23-21-19-14-25(16(2)27)10-8-20(19)26(24-21)13-17-6-4-9-22-12-17;/h3,5,7,11,17,22H,4,6,8-10,12-14H2,1-2H3,(H,23,24);1H. The predicted octanol–water partition coefficient (Wildman–Crippen LogP) is 3.26. The number of hydrogen-bond donors (Lipinski definition) is 2. The van der Waals surface area contributed by atoms with Gasteiger partial charge in [-0.2, -0.15) is 5.10 Å². The average Bonchev–Trinajstić information content (AvgIpc) is 2.99. The third-order valence-corrected chi connectivity index (χ3v) is 5.69. The zero-order chi connectivity index (χ0) is 18.8. The predicted molar refractivity (Wildman–Crippen MR) is 114 cm³/mol. The normalized spacial score (nSPS) is 18.9. The van der Waals surface area contributed by atoms with Gasteiger partial charge in [0.1, 0.15) is 0 Å². The van der Waals surface area contributed by atoms with E-state index in [0.717, 1.165) is 44.1 Å². The molecule has 2 aromatic rings. The molecule has 2 aliphatic rings. The average molecular weight is 404 g/mol. The fourth-order valence-electron chi connectivity index (χ4n) is 4.19. The lowest BCUT2D eigenvalue weighted by Gasteiger charge is -2.28. The first-order valence-electron chi connectivity index (χ1n) is 9.98. The number of aryl methyl sites for hydroxylation is 1. The largest absolute Gasteiger partial charge is 0.338 e. The molecule has 6 nitrogen and oxygen atoms in total. The lowest BCUT2D eigenvalue weighted by Crippen LogP contribution is -2.36. The fraction of sp³-hybridized carbons (Fsp3) is 0.524. The second-order valence-corrected chi connectivity index (χ2v) is 7.85. The molecule has 7 heteroatoms. The van der Waals surface area contributed by atoms with Crippen molar-refractivity contribution in [3.05, 3.63) is 41.1 Å². The van der Waals surface area contributed by atoms with Crippen LogP contribution in [-0.2, 0) is 24.3 Å². The van der Waals surface area contributed by atoms with E-state index in [0.29, 0.717) is 12.5 Å². The molecule has 1 atom stereocenters. The third-order valence-electron chi connectivity index (χ3n) is 5.69. The van der Waals surface area contributed by atoms with Gasteiger partial charge in [-0.25, -0.2) is 0 Å². The first-order valence-corrected chi connectivity index (χ1v) is 9.98. The van der Waals surface area contributed by atoms with Gasteiger partial charge in [0.2, 0.25) is 5.91 Å². The molecule has 1 aromatic carbocycles. The summed E-state index contributed by atoms with van der Waals surface area (Å²) in [6.07, 6.45) is 3.36. The van der Waals surface area contributed by atoms with Crippen molar-refractivity contribution in [1.29, 1.82) is 0 Å². The first kappa shape index (κ1) is 20.7. The highest BCUT2D eigenvalue weighted by molar-refractivity contribution is 5.85. The van der Waals surface area contributed by atoms with Gasteiger partial charge in [0.25, 0.3) is 0 Å². The number of anilines is 2. The monoisotopic (exact) mass is 403 g/mol. The summed E-state index contributed by atoms with van der Waals surface area (Å²) in [6, 6.07) is 8.33. The molecular formula is C21H30ClN5O. The minimum absolute atomic E-state index is 0. The van der Waals surface area contributed by atoms with Crippen molar-refractivity contribution in [3.8, 4) is 0 Å². The number of nitrogens with zero attached hydrogens (tertiary/aromatic N) is 3. The number of amides is 1. The zero-order valence-electron chi connectivity index (χ0n) is 16.7. The Morgan fingerprint density at radius 3 is 2.96 bits per heavy atom. The molecule has 4 rings (SSSR count). The first-order chi connectivity index (χ1) is 13.1. The Morgan fingerprint density at radius 2 is 2.25 bits per heavy atom. The number of rotatable bonds is 4. The highest BCUT2D eigenvalue weighted by Gasteiger charge is 2.27. The van der Waals surface area contributed by atoms with Gasteiger partial charge < -0.3 is 15.5 Å². The number of fused-ring (bicyclic) bond motifs is 1. The van der Waals surface area contributed by atoms with Gasteiger partial charge in [-0.15, -0.1) is 12.4 Å². The number of nitrogens with one attached hydrogen (secondary N) is 2. The molecule has 1 amide bonds. The molecule has 0 saturated carbocycles. The van der Waals surface area contributed by atoms with Gasteiger partial charge >= 0.3 is 0 Å². The number of halogens is 1. The van der Waals surface area contributed by atoms with Crippen molar-refractivity contribution < 1.29 is 4.79 Å². The van der Waals surface area contributed by atoms with Gasteiger partial charge in [-0.3, -0.25) is 9.48 Å². The molecule has 1 unspecified atom stereocenters. The number of carbonyl (C=O) groups excluding carboxylic acids is 1. The van der Waals surface area contributed by atoms with Crippen LogP contribution in [0.4, 0.5) is 11.5 Å². The molecule has 1 saturated heterocycles. The van der Waals surface area contributed by atoms with E-state index in [-0.39, 0.29) is 18.3 Å². The molecule has 2 aliphatic heterocycles. The van der Waals surface area contributed by atoms with Crippen molar-refractivity contribution >= 4 is 29.8 Å². The minimum atomic E-state index is 0. The van der Waals surface area contributed by atoms with Crippen LogP contribution in [-0.4, -0.2) is 40.2 Å². The smallest absolute Gasteiger partial charge is 0.219 e. The summed E-state index contributed by atoms with van der Waals surface area (Å²) < 4.78 is 2.20. The van der Waals surface area contributed by atoms with Crippen LogP contribution in [0.15, 0.2) is 24.3 Å². The van der Waals surface area contributed by atoms with E-state index >= 15 is 0 Å². The van der Waals surface area contributed by atoms with E-state index in [9.17, 15) is 4.79 Å². The van der Waals surface area contributed by atoms with Crippen molar-refractivity contribution in [2.75, 3.05) is 25.0 Å². The van der Waals surface area contributed by atoms with Crippen molar-refractivity contribution in [1.82, 2.24) is 20.0 Å². The summed E-state index contributed by atoms with van der Waals surface area (Å²) in [4.78, 5) is 13.8. The van der Waals surface area contributed by atoms with E-state index in [1.54, 1.807) is 6.92 Å². The van der Waals surface area contributed by atoms with E-state index < -0.39 is 0 Å². The molecule has 0 radical (unpaired) electrons. The quantitative estimate of drug-likeness (QED) is 0.822. The maximum Gasteiger partial charge on any atom is 0.219 e. The van der Waals surface area contributed by atoms with Crippen LogP contribution < -0.4 is 10.6 Å². The summed E-state index contributed by atoms with van der Waals surface area (Å²) in [6.45, 7) is 8.30. The number of piperidine rings is 1. The molecule has 28 heavy (non-hydrogen) atoms. The van der Waals surface area contributed by atoms with Crippen molar-refractivity contribution in [2.45, 2.75) is 46.2 Å². The molecule has 2 N–H and O–H groups in total. The maximum atomic E-state index is 11.9. The Bertz CT molecular complexity index is 828. The summed E-state index contributed by atoms with van der Waals surface area (Å²) >= 11 is 0. The van der Waals surface area contributed by atoms with E-state index in [1.165, 1.54) is 29.7 Å². The van der Waals surface area contributed by atoms with E-state index in [1.807, 2.05) is 4.90 Å². The van der Waals surface area contributed by atoms with Crippen LogP contribution >= 0.6 is 12.4 Å². The Morgan fingerprint density at radius 1 is 1.39 bits per heavy atom. The highest BCUT2D eigenvalue weighted by Crippen LogP contribution is 2.30. The molecule has 0 aliphatic carbocycles. The molecule has 0 spiro atoms. The van der Waals surface area contributed by atoms with E-state index in [2.05, 4.69) is 46.5 Å². The number of hydrogen-bond acceptors (Lipinski definition) is 4. The van der Waals surface area contributed by atoms with Gasteiger partial charge in [0.05, 0.1) is 6.54 Å². The van der Waals surface area contributed by atoms with Crippen LogP contribution in [0.3, 0.4) is 0 Å². The molecule has 1 fully saturated rings. The topological polar surface area (TPSA) is 62.2 Å². The van der Waals surface area contributed by atoms with E-state index in [4.69, 9.17) is 5.10 Å². The van der Waals surface area contributed by atoms with Crippen LogP contribution in [0, 0.1) is 12.8 Å². The summed E-state index contributed by atoms with van der Waals surface area (Å²) in [7, 11) is 0. The molecular weight excluding hydrogens is 374 g/mol. The van der Waals surface area contributed by atoms with Crippen molar-refractivity contribution in [2.24, 2.45) is 5.92 Å². The number of carbonyl (C=O) groups is 1. The molecule has 1 aromatic heterocycles. The van der Waals surface area contributed by atoms with Crippen LogP contribution in [0.1, 0.15) is 36.6 Å². The third kappa shape index (κ3) is 4.50. The molecule has 152 valence electrons. The Hall–Kier alpha value is -2.05. The minimum Gasteiger partial charge on any atom is -0.338 e. The summed E-state index contributed by atoms with van der Waals surface area (Å²) in [5.41, 5.74) is 4.71. The Balaban J connectivity index is 0.00000225. The lowest BCUT2D eigenvalue weighted by atomic mass is 9.99. The zero-order valence-corrected chi connectivity index (χ0v) is 17.5. The van der Waals surface area contributed by atoms with Crippen LogP contribution in [0.5, 0.6) is 0 Å². The summed E-state index contributed by atoms with van der Waals surface area (Å²) in [5, 5.41) is 11.9. The summed E-state index contributed by atoms with van der Waals surface area (Å²) in [5.74, 6) is 1.65. The van der Waals surface area contributed by atoms with Crippen LogP contribution in [0.2, 0.25) is 0 Å². The molecule has 3 heterocycles.